The lowest BCUT2D eigenvalue weighted by Gasteiger charge is -2.13. The molecule has 1 unspecified atom stereocenters. The van der Waals surface area contributed by atoms with Crippen LogP contribution in [0.3, 0.4) is 0 Å². The number of aromatic nitrogens is 4. The minimum Gasteiger partial charge on any atom is -0.497 e. The number of nitrogens with one attached hydrogen (secondary N) is 1. The van der Waals surface area contributed by atoms with Crippen LogP contribution in [0.4, 0.5) is 5.13 Å². The Morgan fingerprint density at radius 3 is 1.95 bits per heavy atom. The maximum Gasteiger partial charge on any atom is 0.239 e. The second-order valence-electron chi connectivity index (χ2n) is 9.11. The number of thiazole rings is 1. The zero-order chi connectivity index (χ0) is 30.3. The predicted molar refractivity (Wildman–Crippen MR) is 168 cm³/mol. The number of hydrogen-bond donors (Lipinski definition) is 1. The van der Waals surface area contributed by atoms with Crippen LogP contribution in [-0.2, 0) is 4.79 Å². The minimum atomic E-state index is -0.522. The number of amides is 1. The molecule has 0 spiro atoms. The molecule has 0 bridgehead atoms. The quantitative estimate of drug-likeness (QED) is 0.165. The lowest BCUT2D eigenvalue weighted by atomic mass is 10.0. The highest BCUT2D eigenvalue weighted by Gasteiger charge is 2.21. The number of carbonyl (C=O) groups excluding carboxylic acids is 1. The van der Waals surface area contributed by atoms with Crippen molar-refractivity contribution in [1.29, 1.82) is 0 Å². The number of benzene rings is 3. The van der Waals surface area contributed by atoms with E-state index in [1.165, 1.54) is 23.1 Å². The first kappa shape index (κ1) is 29.8. The van der Waals surface area contributed by atoms with Gasteiger partial charge in [-0.3, -0.25) is 4.79 Å². The summed E-state index contributed by atoms with van der Waals surface area (Å²) in [4.78, 5) is 22.5. The van der Waals surface area contributed by atoms with E-state index in [2.05, 4.69) is 20.5 Å². The van der Waals surface area contributed by atoms with Gasteiger partial charge in [0.2, 0.25) is 11.1 Å². The van der Waals surface area contributed by atoms with Gasteiger partial charge in [0.25, 0.3) is 0 Å². The Labute approximate surface area is 257 Å². The molecule has 0 aliphatic carbocycles. The summed E-state index contributed by atoms with van der Waals surface area (Å²) in [6, 6.07) is 20.6. The molecule has 2 aromatic heterocycles. The third-order valence-corrected chi connectivity index (χ3v) is 8.17. The van der Waals surface area contributed by atoms with E-state index < -0.39 is 5.25 Å². The summed E-state index contributed by atoms with van der Waals surface area (Å²) < 4.78 is 21.3. The van der Waals surface area contributed by atoms with Gasteiger partial charge < -0.3 is 24.3 Å². The van der Waals surface area contributed by atoms with Crippen LogP contribution in [0.15, 0.2) is 77.3 Å². The Morgan fingerprint density at radius 2 is 1.35 bits per heavy atom. The highest BCUT2D eigenvalue weighted by molar-refractivity contribution is 8.00. The molecule has 0 fully saturated rings. The fourth-order valence-corrected chi connectivity index (χ4v) is 5.57. The van der Waals surface area contributed by atoms with Gasteiger partial charge in [0, 0.05) is 22.1 Å². The molecule has 220 valence electrons. The van der Waals surface area contributed by atoms with Crippen LogP contribution in [0.1, 0.15) is 6.92 Å². The summed E-state index contributed by atoms with van der Waals surface area (Å²) >= 11 is 2.55. The van der Waals surface area contributed by atoms with Gasteiger partial charge in [-0.05, 0) is 73.7 Å². The first-order valence-electron chi connectivity index (χ1n) is 13.1. The van der Waals surface area contributed by atoms with E-state index in [0.29, 0.717) is 38.9 Å². The van der Waals surface area contributed by atoms with Crippen LogP contribution in [-0.4, -0.2) is 59.8 Å². The Hall–Kier alpha value is -4.68. The van der Waals surface area contributed by atoms with E-state index in [9.17, 15) is 4.79 Å². The molecular formula is C31H29N5O5S2. The van der Waals surface area contributed by atoms with Crippen LogP contribution in [0.25, 0.3) is 33.8 Å². The molecule has 0 aliphatic heterocycles. The number of ether oxygens (including phenoxy) is 4. The van der Waals surface area contributed by atoms with Gasteiger partial charge in [0.05, 0.1) is 39.4 Å². The molecule has 0 aliphatic rings. The monoisotopic (exact) mass is 615 g/mol. The summed E-state index contributed by atoms with van der Waals surface area (Å²) in [6.07, 6.45) is 0. The van der Waals surface area contributed by atoms with Gasteiger partial charge in [-0.2, -0.15) is 0 Å². The van der Waals surface area contributed by atoms with E-state index >= 15 is 0 Å². The number of carbonyl (C=O) groups is 1. The standard InChI is InChI=1S/C31H29N5O5S2/c1-18(29(37)34-30-32-24(17-42-30)21-10-15-25(40-4)26(16-21)41-5)43-31-33-27(19-6-11-22(38-2)12-7-19)28(35-36-31)20-8-13-23(39-3)14-9-20/h6-18H,1-5H3,(H,32,34,37). The topological polar surface area (TPSA) is 118 Å². The third-order valence-electron chi connectivity index (χ3n) is 6.46. The fourth-order valence-electron chi connectivity index (χ4n) is 4.13. The highest BCUT2D eigenvalue weighted by atomic mass is 32.2. The molecule has 3 aromatic carbocycles. The van der Waals surface area contributed by atoms with Crippen molar-refractivity contribution in [3.63, 3.8) is 0 Å². The Kier molecular flexibility index (Phi) is 9.38. The maximum atomic E-state index is 13.1. The smallest absolute Gasteiger partial charge is 0.239 e. The summed E-state index contributed by atoms with van der Waals surface area (Å²) in [7, 11) is 6.41. The van der Waals surface area contributed by atoms with Crippen molar-refractivity contribution in [2.24, 2.45) is 0 Å². The molecule has 1 amide bonds. The molecular weight excluding hydrogens is 587 g/mol. The molecule has 0 saturated heterocycles. The van der Waals surface area contributed by atoms with Gasteiger partial charge >= 0.3 is 0 Å². The maximum absolute atomic E-state index is 13.1. The van der Waals surface area contributed by atoms with Crippen molar-refractivity contribution in [2.75, 3.05) is 33.8 Å². The lowest BCUT2D eigenvalue weighted by molar-refractivity contribution is -0.115. The number of hydrogen-bond acceptors (Lipinski definition) is 11. The molecule has 2 heterocycles. The van der Waals surface area contributed by atoms with Crippen LogP contribution in [0.2, 0.25) is 0 Å². The first-order valence-corrected chi connectivity index (χ1v) is 14.9. The Bertz CT molecular complexity index is 1710. The van der Waals surface area contributed by atoms with Gasteiger partial charge in [-0.25, -0.2) is 9.97 Å². The Morgan fingerprint density at radius 1 is 0.744 bits per heavy atom. The molecule has 0 saturated carbocycles. The van der Waals surface area contributed by atoms with Crippen molar-refractivity contribution in [1.82, 2.24) is 20.2 Å². The number of thioether (sulfide) groups is 1. The summed E-state index contributed by atoms with van der Waals surface area (Å²) in [5.41, 5.74) is 4.48. The molecule has 5 aromatic rings. The average Bonchev–Trinajstić information content (AvgIpc) is 3.52. The van der Waals surface area contributed by atoms with E-state index in [-0.39, 0.29) is 5.91 Å². The zero-order valence-corrected chi connectivity index (χ0v) is 25.8. The molecule has 1 atom stereocenters. The van der Waals surface area contributed by atoms with Crippen molar-refractivity contribution in [2.45, 2.75) is 17.3 Å². The van der Waals surface area contributed by atoms with Gasteiger partial charge in [-0.15, -0.1) is 21.5 Å². The van der Waals surface area contributed by atoms with Crippen molar-refractivity contribution >= 4 is 34.1 Å². The van der Waals surface area contributed by atoms with Crippen LogP contribution >= 0.6 is 23.1 Å². The fraction of sp³-hybridized carbons (Fsp3) is 0.194. The van der Waals surface area contributed by atoms with Crippen LogP contribution in [0.5, 0.6) is 23.0 Å². The summed E-state index contributed by atoms with van der Waals surface area (Å²) in [5, 5.41) is 14.0. The van der Waals surface area contributed by atoms with E-state index in [1.54, 1.807) is 35.4 Å². The number of rotatable bonds is 11. The normalized spacial score (nSPS) is 11.5. The van der Waals surface area contributed by atoms with Crippen LogP contribution < -0.4 is 24.3 Å². The summed E-state index contributed by atoms with van der Waals surface area (Å²) in [5.74, 6) is 2.47. The SMILES string of the molecule is COc1ccc(-c2nnc(SC(C)C(=O)Nc3nc(-c4ccc(OC)c(OC)c4)cs3)nc2-c2ccc(OC)cc2)cc1. The minimum absolute atomic E-state index is 0.230. The zero-order valence-electron chi connectivity index (χ0n) is 24.2. The summed E-state index contributed by atoms with van der Waals surface area (Å²) in [6.45, 7) is 1.79. The first-order chi connectivity index (χ1) is 20.9. The van der Waals surface area contributed by atoms with E-state index in [4.69, 9.17) is 23.9 Å². The van der Waals surface area contributed by atoms with Gasteiger partial charge in [0.15, 0.2) is 16.6 Å². The number of methoxy groups -OCH3 is 4. The van der Waals surface area contributed by atoms with E-state index in [1.807, 2.05) is 72.1 Å². The number of nitrogens with zero attached hydrogens (tertiary/aromatic N) is 4. The molecule has 1 N–H and O–H groups in total. The second kappa shape index (κ2) is 13.5. The third kappa shape index (κ3) is 6.87. The molecule has 12 heteroatoms. The second-order valence-corrected chi connectivity index (χ2v) is 11.3. The molecule has 10 nitrogen and oxygen atoms in total. The van der Waals surface area contributed by atoms with E-state index in [0.717, 1.165) is 28.2 Å². The van der Waals surface area contributed by atoms with Gasteiger partial charge in [-0.1, -0.05) is 11.8 Å². The van der Waals surface area contributed by atoms with Crippen molar-refractivity contribution < 1.29 is 23.7 Å². The largest absolute Gasteiger partial charge is 0.497 e. The Balaban J connectivity index is 1.34. The number of anilines is 1. The molecule has 43 heavy (non-hydrogen) atoms. The highest BCUT2D eigenvalue weighted by Crippen LogP contribution is 2.35. The van der Waals surface area contributed by atoms with Crippen molar-refractivity contribution in [3.05, 3.63) is 72.1 Å². The molecule has 0 radical (unpaired) electrons. The lowest BCUT2D eigenvalue weighted by Crippen LogP contribution is -2.22. The van der Waals surface area contributed by atoms with Crippen molar-refractivity contribution in [3.8, 4) is 56.8 Å². The van der Waals surface area contributed by atoms with Crippen LogP contribution in [0, 0.1) is 0 Å². The van der Waals surface area contributed by atoms with Gasteiger partial charge in [0.1, 0.15) is 22.9 Å². The average molecular weight is 616 g/mol. The predicted octanol–water partition coefficient (Wildman–Crippen LogP) is 6.48. The molecule has 5 rings (SSSR count).